The van der Waals surface area contributed by atoms with Crippen molar-refractivity contribution in [2.24, 2.45) is 0 Å². The lowest BCUT2D eigenvalue weighted by Gasteiger charge is -2.38. The highest BCUT2D eigenvalue weighted by Crippen LogP contribution is 2.27. The highest BCUT2D eigenvalue weighted by Gasteiger charge is 2.42. The smallest absolute Gasteiger partial charge is 0.255 e. The highest BCUT2D eigenvalue weighted by molar-refractivity contribution is 6.42. The summed E-state index contributed by atoms with van der Waals surface area (Å²) in [6.45, 7) is 4.69. The molecule has 0 radical (unpaired) electrons. The van der Waals surface area contributed by atoms with Gasteiger partial charge in [-0.3, -0.25) is 4.79 Å². The minimum Gasteiger partial charge on any atom is -0.368 e. The number of rotatable bonds is 5. The van der Waals surface area contributed by atoms with Crippen molar-refractivity contribution in [2.45, 2.75) is 31.9 Å². The van der Waals surface area contributed by atoms with Gasteiger partial charge in [-0.15, -0.1) is 12.4 Å². The predicted octanol–water partition coefficient (Wildman–Crippen LogP) is 3.53. The molecule has 0 aliphatic carbocycles. The van der Waals surface area contributed by atoms with E-state index in [9.17, 15) is 4.79 Å². The average Bonchev–Trinajstić information content (AvgIpc) is 2.55. The van der Waals surface area contributed by atoms with Gasteiger partial charge in [-0.2, -0.15) is 0 Å². The van der Waals surface area contributed by atoms with E-state index in [1.807, 2.05) is 24.0 Å². The lowest BCUT2D eigenvalue weighted by Crippen LogP contribution is -2.55. The molecule has 1 N–H and O–H groups in total. The van der Waals surface area contributed by atoms with Crippen LogP contribution in [0.5, 0.6) is 0 Å². The number of amides is 1. The van der Waals surface area contributed by atoms with E-state index in [-0.39, 0.29) is 18.3 Å². The second-order valence-corrected chi connectivity index (χ2v) is 6.33. The van der Waals surface area contributed by atoms with Gasteiger partial charge in [0.15, 0.2) is 0 Å². The van der Waals surface area contributed by atoms with E-state index < -0.39 is 5.60 Å². The van der Waals surface area contributed by atoms with Crippen LogP contribution >= 0.6 is 35.6 Å². The van der Waals surface area contributed by atoms with Crippen LogP contribution in [-0.2, 0) is 16.1 Å². The quantitative estimate of drug-likeness (QED) is 0.848. The van der Waals surface area contributed by atoms with Gasteiger partial charge < -0.3 is 15.0 Å². The number of carbonyl (C=O) groups is 1. The van der Waals surface area contributed by atoms with Crippen molar-refractivity contribution in [3.63, 3.8) is 0 Å². The van der Waals surface area contributed by atoms with Gasteiger partial charge in [0.1, 0.15) is 5.60 Å². The van der Waals surface area contributed by atoms with Gasteiger partial charge in [0.25, 0.3) is 5.91 Å². The number of methoxy groups -OCH3 is 1. The summed E-state index contributed by atoms with van der Waals surface area (Å²) in [7, 11) is 1.62. The Labute approximate surface area is 153 Å². The van der Waals surface area contributed by atoms with Crippen LogP contribution in [0.3, 0.4) is 0 Å². The first-order valence-corrected chi connectivity index (χ1v) is 8.27. The number of likely N-dealkylation sites (N-methyl/N-ethyl adjacent to an activating group) is 1. The van der Waals surface area contributed by atoms with E-state index in [1.165, 1.54) is 0 Å². The highest BCUT2D eigenvalue weighted by atomic mass is 35.5. The molecule has 1 saturated heterocycles. The molecule has 0 saturated carbocycles. The molecule has 7 heteroatoms. The number of halogens is 3. The molecule has 1 heterocycles. The topological polar surface area (TPSA) is 41.6 Å². The Morgan fingerprint density at radius 3 is 2.48 bits per heavy atom. The van der Waals surface area contributed by atoms with Crippen LogP contribution in [0, 0.1) is 0 Å². The van der Waals surface area contributed by atoms with Gasteiger partial charge in [0.2, 0.25) is 0 Å². The second-order valence-electron chi connectivity index (χ2n) is 5.52. The molecule has 23 heavy (non-hydrogen) atoms. The molecule has 1 aromatic carbocycles. The zero-order chi connectivity index (χ0) is 16.2. The zero-order valence-electron chi connectivity index (χ0n) is 13.4. The lowest BCUT2D eigenvalue weighted by atomic mass is 9.90. The minimum absolute atomic E-state index is 0. The van der Waals surface area contributed by atoms with Crippen LogP contribution in [0.1, 0.15) is 25.3 Å². The third kappa shape index (κ3) is 4.74. The van der Waals surface area contributed by atoms with E-state index in [0.717, 1.165) is 18.7 Å². The molecule has 4 nitrogen and oxygen atoms in total. The van der Waals surface area contributed by atoms with Crippen LogP contribution in [0.4, 0.5) is 0 Å². The Bertz CT molecular complexity index is 534. The maximum absolute atomic E-state index is 13.0. The molecular weight excluding hydrogens is 359 g/mol. The maximum atomic E-state index is 13.0. The Morgan fingerprint density at radius 2 is 1.96 bits per heavy atom. The SMILES string of the molecule is CCN(Cc1ccc(Cl)c(Cl)c1)C(=O)C1(OC)CCNCC1.Cl. The van der Waals surface area contributed by atoms with Gasteiger partial charge in [-0.25, -0.2) is 0 Å². The molecule has 0 atom stereocenters. The maximum Gasteiger partial charge on any atom is 0.255 e. The van der Waals surface area contributed by atoms with Crippen molar-refractivity contribution in [3.05, 3.63) is 33.8 Å². The van der Waals surface area contributed by atoms with Crippen molar-refractivity contribution in [2.75, 3.05) is 26.7 Å². The predicted molar refractivity (Wildman–Crippen MR) is 96.6 cm³/mol. The van der Waals surface area contributed by atoms with Gasteiger partial charge in [0, 0.05) is 20.2 Å². The van der Waals surface area contributed by atoms with Crippen molar-refractivity contribution in [3.8, 4) is 0 Å². The van der Waals surface area contributed by atoms with Gasteiger partial charge in [-0.1, -0.05) is 29.3 Å². The Kier molecular flexibility index (Phi) is 8.11. The molecule has 1 aliphatic rings. The van der Waals surface area contributed by atoms with Crippen LogP contribution in [0.25, 0.3) is 0 Å². The molecule has 0 unspecified atom stereocenters. The largest absolute Gasteiger partial charge is 0.368 e. The third-order valence-corrected chi connectivity index (χ3v) is 4.96. The molecule has 0 aromatic heterocycles. The van der Waals surface area contributed by atoms with Crippen molar-refractivity contribution < 1.29 is 9.53 Å². The summed E-state index contributed by atoms with van der Waals surface area (Å²) in [5.41, 5.74) is 0.252. The second kappa shape index (κ2) is 9.09. The van der Waals surface area contributed by atoms with Gasteiger partial charge >= 0.3 is 0 Å². The zero-order valence-corrected chi connectivity index (χ0v) is 15.7. The molecule has 1 amide bonds. The van der Waals surface area contributed by atoms with E-state index in [4.69, 9.17) is 27.9 Å². The molecule has 1 fully saturated rings. The number of hydrogen-bond donors (Lipinski definition) is 1. The number of piperidine rings is 1. The van der Waals surface area contributed by atoms with E-state index in [1.54, 1.807) is 13.2 Å². The molecule has 1 aliphatic heterocycles. The summed E-state index contributed by atoms with van der Waals surface area (Å²) in [6.07, 6.45) is 1.39. The third-order valence-electron chi connectivity index (χ3n) is 4.22. The van der Waals surface area contributed by atoms with Gasteiger partial charge in [-0.05, 0) is 50.6 Å². The fraction of sp³-hybridized carbons (Fsp3) is 0.562. The molecule has 0 bridgehead atoms. The summed E-state index contributed by atoms with van der Waals surface area (Å²) >= 11 is 12.0. The number of ether oxygens (including phenoxy) is 1. The van der Waals surface area contributed by atoms with Gasteiger partial charge in [0.05, 0.1) is 10.0 Å². The summed E-state index contributed by atoms with van der Waals surface area (Å²) in [5.74, 6) is 0.0464. The van der Waals surface area contributed by atoms with E-state index >= 15 is 0 Å². The first-order valence-electron chi connectivity index (χ1n) is 7.51. The first kappa shape index (κ1) is 20.5. The number of nitrogens with one attached hydrogen (secondary N) is 1. The number of benzene rings is 1. The minimum atomic E-state index is -0.711. The Hall–Kier alpha value is -0.520. The van der Waals surface area contributed by atoms with Crippen LogP contribution in [-0.4, -0.2) is 43.2 Å². The van der Waals surface area contributed by atoms with E-state index in [2.05, 4.69) is 5.32 Å². The Balaban J connectivity index is 0.00000264. The molecule has 1 aromatic rings. The fourth-order valence-corrected chi connectivity index (χ4v) is 3.13. The van der Waals surface area contributed by atoms with E-state index in [0.29, 0.717) is 36.0 Å². The number of hydrogen-bond acceptors (Lipinski definition) is 3. The normalized spacial score (nSPS) is 16.5. The van der Waals surface area contributed by atoms with Crippen LogP contribution < -0.4 is 5.32 Å². The first-order chi connectivity index (χ1) is 10.5. The van der Waals surface area contributed by atoms with Crippen molar-refractivity contribution >= 4 is 41.5 Å². The molecular formula is C16H23Cl3N2O2. The summed E-state index contributed by atoms with van der Waals surface area (Å²) in [4.78, 5) is 14.8. The number of carbonyl (C=O) groups excluding carboxylic acids is 1. The summed E-state index contributed by atoms with van der Waals surface area (Å²) in [6, 6.07) is 5.46. The standard InChI is InChI=1S/C16H22Cl2N2O2.ClH/c1-3-20(11-12-4-5-13(17)14(18)10-12)15(21)16(22-2)6-8-19-9-7-16;/h4-5,10,19H,3,6-9,11H2,1-2H3;1H. The number of nitrogens with zero attached hydrogens (tertiary/aromatic N) is 1. The summed E-state index contributed by atoms with van der Waals surface area (Å²) < 4.78 is 5.63. The fourth-order valence-electron chi connectivity index (χ4n) is 2.81. The van der Waals surface area contributed by atoms with Crippen molar-refractivity contribution in [1.29, 1.82) is 0 Å². The molecule has 2 rings (SSSR count). The van der Waals surface area contributed by atoms with Crippen molar-refractivity contribution in [1.82, 2.24) is 10.2 Å². The summed E-state index contributed by atoms with van der Waals surface area (Å²) in [5, 5.41) is 4.29. The molecule has 0 spiro atoms. The van der Waals surface area contributed by atoms with Crippen LogP contribution in [0.2, 0.25) is 10.0 Å². The Morgan fingerprint density at radius 1 is 1.30 bits per heavy atom. The van der Waals surface area contributed by atoms with Crippen LogP contribution in [0.15, 0.2) is 18.2 Å². The lowest BCUT2D eigenvalue weighted by molar-refractivity contribution is -0.158. The average molecular weight is 382 g/mol. The molecule has 130 valence electrons. The monoisotopic (exact) mass is 380 g/mol.